The molecule has 0 atom stereocenters. The molecule has 1 saturated carbocycles. The van der Waals surface area contributed by atoms with Crippen LogP contribution in [0.4, 0.5) is 0 Å². The molecule has 0 unspecified atom stereocenters. The number of hydrogen-bond donors (Lipinski definition) is 1. The van der Waals surface area contributed by atoms with Gasteiger partial charge in [0.25, 0.3) is 0 Å². The summed E-state index contributed by atoms with van der Waals surface area (Å²) < 4.78 is 22.4. The van der Waals surface area contributed by atoms with Crippen LogP contribution < -0.4 is 0 Å². The zero-order valence-corrected chi connectivity index (χ0v) is 8.23. The minimum Gasteiger partial charge on any atom is -0.389 e. The summed E-state index contributed by atoms with van der Waals surface area (Å²) in [6, 6.07) is 0. The maximum Gasteiger partial charge on any atom is 0.152 e. The number of sulfone groups is 1. The second-order valence-corrected chi connectivity index (χ2v) is 5.96. The van der Waals surface area contributed by atoms with Crippen LogP contribution in [0.3, 0.4) is 0 Å². The summed E-state index contributed by atoms with van der Waals surface area (Å²) in [4.78, 5) is 0. The SMILES string of the molecule is CCS(=O)(=O)CC1(O)CCCC1. The van der Waals surface area contributed by atoms with Crippen LogP contribution in [-0.4, -0.2) is 30.6 Å². The van der Waals surface area contributed by atoms with Gasteiger partial charge in [0.15, 0.2) is 9.84 Å². The van der Waals surface area contributed by atoms with Crippen molar-refractivity contribution in [3.63, 3.8) is 0 Å². The Hall–Kier alpha value is -0.0900. The summed E-state index contributed by atoms with van der Waals surface area (Å²) in [5.41, 5.74) is -0.908. The highest BCUT2D eigenvalue weighted by molar-refractivity contribution is 7.91. The molecule has 0 aliphatic heterocycles. The summed E-state index contributed by atoms with van der Waals surface area (Å²) in [7, 11) is -3.01. The maximum atomic E-state index is 11.2. The van der Waals surface area contributed by atoms with Gasteiger partial charge >= 0.3 is 0 Å². The monoisotopic (exact) mass is 192 g/mol. The average molecular weight is 192 g/mol. The van der Waals surface area contributed by atoms with Crippen molar-refractivity contribution in [2.24, 2.45) is 0 Å². The van der Waals surface area contributed by atoms with E-state index in [0.717, 1.165) is 12.8 Å². The summed E-state index contributed by atoms with van der Waals surface area (Å²) in [5, 5.41) is 9.78. The van der Waals surface area contributed by atoms with Gasteiger partial charge in [-0.1, -0.05) is 19.8 Å². The molecule has 12 heavy (non-hydrogen) atoms. The molecule has 1 N–H and O–H groups in total. The van der Waals surface area contributed by atoms with Crippen molar-refractivity contribution in [1.29, 1.82) is 0 Å². The first-order chi connectivity index (χ1) is 5.47. The van der Waals surface area contributed by atoms with E-state index < -0.39 is 15.4 Å². The van der Waals surface area contributed by atoms with Gasteiger partial charge in [-0.25, -0.2) is 8.42 Å². The number of rotatable bonds is 3. The predicted octanol–water partition coefficient (Wildman–Crippen LogP) is 0.726. The summed E-state index contributed by atoms with van der Waals surface area (Å²) in [5.74, 6) is 0.0891. The Labute approximate surface area is 73.7 Å². The van der Waals surface area contributed by atoms with Gasteiger partial charge in [-0.2, -0.15) is 0 Å². The van der Waals surface area contributed by atoms with Crippen molar-refractivity contribution in [2.45, 2.75) is 38.2 Å². The van der Waals surface area contributed by atoms with Crippen LogP contribution >= 0.6 is 0 Å². The second kappa shape index (κ2) is 3.34. The van der Waals surface area contributed by atoms with Crippen LogP contribution in [0.1, 0.15) is 32.6 Å². The third-order valence-electron chi connectivity index (χ3n) is 2.46. The van der Waals surface area contributed by atoms with Crippen molar-refractivity contribution >= 4 is 9.84 Å². The topological polar surface area (TPSA) is 54.4 Å². The molecule has 0 heterocycles. The van der Waals surface area contributed by atoms with Gasteiger partial charge < -0.3 is 5.11 Å². The molecule has 72 valence electrons. The Morgan fingerprint density at radius 1 is 1.33 bits per heavy atom. The van der Waals surface area contributed by atoms with E-state index in [4.69, 9.17) is 0 Å². The first kappa shape index (κ1) is 9.99. The highest BCUT2D eigenvalue weighted by atomic mass is 32.2. The third kappa shape index (κ3) is 2.45. The Morgan fingerprint density at radius 3 is 2.25 bits per heavy atom. The standard InChI is InChI=1S/C8H16O3S/c1-2-12(10,11)7-8(9)5-3-4-6-8/h9H,2-7H2,1H3. The smallest absolute Gasteiger partial charge is 0.152 e. The molecule has 4 heteroatoms. The molecule has 0 saturated heterocycles. The molecule has 0 aromatic heterocycles. The molecule has 0 spiro atoms. The van der Waals surface area contributed by atoms with Crippen LogP contribution in [0.25, 0.3) is 0 Å². The third-order valence-corrected chi connectivity index (χ3v) is 4.32. The predicted molar refractivity (Wildman–Crippen MR) is 47.7 cm³/mol. The molecule has 0 bridgehead atoms. The van der Waals surface area contributed by atoms with Gasteiger partial charge in [-0.05, 0) is 12.8 Å². The van der Waals surface area contributed by atoms with Crippen LogP contribution in [0.2, 0.25) is 0 Å². The lowest BCUT2D eigenvalue weighted by atomic mass is 10.1. The molecule has 1 aliphatic rings. The highest BCUT2D eigenvalue weighted by Crippen LogP contribution is 2.30. The van der Waals surface area contributed by atoms with Gasteiger partial charge in [0.05, 0.1) is 11.4 Å². The van der Waals surface area contributed by atoms with Gasteiger partial charge in [-0.15, -0.1) is 0 Å². The zero-order chi connectivity index (χ0) is 9.24. The fourth-order valence-electron chi connectivity index (χ4n) is 1.69. The van der Waals surface area contributed by atoms with E-state index in [-0.39, 0.29) is 11.5 Å². The molecule has 3 nitrogen and oxygen atoms in total. The summed E-state index contributed by atoms with van der Waals surface area (Å²) >= 11 is 0. The van der Waals surface area contributed by atoms with E-state index in [1.54, 1.807) is 6.92 Å². The van der Waals surface area contributed by atoms with E-state index in [1.807, 2.05) is 0 Å². The maximum absolute atomic E-state index is 11.2. The molecule has 0 aromatic rings. The fourth-order valence-corrected chi connectivity index (χ4v) is 3.00. The lowest BCUT2D eigenvalue weighted by molar-refractivity contribution is 0.0714. The molecule has 0 radical (unpaired) electrons. The Bertz CT molecular complexity index is 237. The Balaban J connectivity index is 2.61. The van der Waals surface area contributed by atoms with Gasteiger partial charge in [0, 0.05) is 5.75 Å². The largest absolute Gasteiger partial charge is 0.389 e. The molecule has 0 amide bonds. The Kier molecular flexibility index (Phi) is 2.78. The molecule has 1 fully saturated rings. The van der Waals surface area contributed by atoms with Crippen molar-refractivity contribution in [1.82, 2.24) is 0 Å². The Morgan fingerprint density at radius 2 is 1.83 bits per heavy atom. The van der Waals surface area contributed by atoms with E-state index in [9.17, 15) is 13.5 Å². The van der Waals surface area contributed by atoms with Crippen LogP contribution in [-0.2, 0) is 9.84 Å². The van der Waals surface area contributed by atoms with E-state index >= 15 is 0 Å². The van der Waals surface area contributed by atoms with E-state index in [2.05, 4.69) is 0 Å². The van der Waals surface area contributed by atoms with Crippen molar-refractivity contribution < 1.29 is 13.5 Å². The van der Waals surface area contributed by atoms with E-state index in [0.29, 0.717) is 12.8 Å². The fraction of sp³-hybridized carbons (Fsp3) is 1.00. The molecule has 1 aliphatic carbocycles. The minimum atomic E-state index is -3.01. The minimum absolute atomic E-state index is 0.0451. The second-order valence-electron chi connectivity index (χ2n) is 3.61. The zero-order valence-electron chi connectivity index (χ0n) is 7.41. The molecular weight excluding hydrogens is 176 g/mol. The average Bonchev–Trinajstić information content (AvgIpc) is 2.35. The summed E-state index contributed by atoms with van der Waals surface area (Å²) in [6.45, 7) is 1.62. The molecule has 0 aromatic carbocycles. The van der Waals surface area contributed by atoms with Crippen molar-refractivity contribution in [3.05, 3.63) is 0 Å². The van der Waals surface area contributed by atoms with Crippen LogP contribution in [0, 0.1) is 0 Å². The van der Waals surface area contributed by atoms with Crippen LogP contribution in [0.5, 0.6) is 0 Å². The number of hydrogen-bond acceptors (Lipinski definition) is 3. The highest BCUT2D eigenvalue weighted by Gasteiger charge is 2.35. The normalized spacial score (nSPS) is 22.8. The van der Waals surface area contributed by atoms with Gasteiger partial charge in [0.1, 0.15) is 0 Å². The molecular formula is C8H16O3S. The first-order valence-corrected chi connectivity index (χ1v) is 6.22. The lowest BCUT2D eigenvalue weighted by Crippen LogP contribution is -2.34. The molecule has 1 rings (SSSR count). The van der Waals surface area contributed by atoms with Gasteiger partial charge in [-0.3, -0.25) is 0 Å². The van der Waals surface area contributed by atoms with E-state index in [1.165, 1.54) is 0 Å². The van der Waals surface area contributed by atoms with Crippen LogP contribution in [0.15, 0.2) is 0 Å². The van der Waals surface area contributed by atoms with Crippen molar-refractivity contribution in [2.75, 3.05) is 11.5 Å². The lowest BCUT2D eigenvalue weighted by Gasteiger charge is -2.20. The van der Waals surface area contributed by atoms with Crippen molar-refractivity contribution in [3.8, 4) is 0 Å². The first-order valence-electron chi connectivity index (χ1n) is 4.40. The number of aliphatic hydroxyl groups is 1. The summed E-state index contributed by atoms with van der Waals surface area (Å²) in [6.07, 6.45) is 3.20. The van der Waals surface area contributed by atoms with Gasteiger partial charge in [0.2, 0.25) is 0 Å². The quantitative estimate of drug-likeness (QED) is 0.717.